The fraction of sp³-hybridized carbons (Fsp3) is 0.938. The van der Waals surface area contributed by atoms with Gasteiger partial charge in [0.1, 0.15) is 11.2 Å². The number of esters is 1. The summed E-state index contributed by atoms with van der Waals surface area (Å²) in [5, 5.41) is 21.8. The minimum Gasteiger partial charge on any atom is -0.456 e. The number of hydrogen-bond acceptors (Lipinski definition) is 4. The Hall–Kier alpha value is -0.610. The first-order chi connectivity index (χ1) is 9.18. The van der Waals surface area contributed by atoms with Crippen molar-refractivity contribution in [1.29, 1.82) is 0 Å². The van der Waals surface area contributed by atoms with Gasteiger partial charge in [-0.15, -0.1) is 0 Å². The van der Waals surface area contributed by atoms with Gasteiger partial charge in [0.2, 0.25) is 0 Å². The molecular weight excluding hydrogens is 256 g/mol. The summed E-state index contributed by atoms with van der Waals surface area (Å²) < 4.78 is 5.65. The van der Waals surface area contributed by atoms with E-state index in [0.29, 0.717) is 43.9 Å². The van der Waals surface area contributed by atoms with E-state index in [9.17, 15) is 15.0 Å². The molecule has 0 aromatic rings. The molecule has 0 unspecified atom stereocenters. The van der Waals surface area contributed by atoms with Crippen LogP contribution in [-0.2, 0) is 9.53 Å². The molecule has 4 saturated carbocycles. The highest BCUT2D eigenvalue weighted by Crippen LogP contribution is 2.58. The molecule has 4 heteroatoms. The highest BCUT2D eigenvalue weighted by Gasteiger charge is 2.65. The predicted octanol–water partition coefficient (Wildman–Crippen LogP) is 2.02. The average Bonchev–Trinajstić information content (AvgIpc) is 2.31. The second-order valence-electron chi connectivity index (χ2n) is 8.01. The van der Waals surface area contributed by atoms with Gasteiger partial charge in [0.05, 0.1) is 5.41 Å². The van der Waals surface area contributed by atoms with Crippen LogP contribution in [-0.4, -0.2) is 33.5 Å². The normalized spacial score (nSPS) is 46.5. The highest BCUT2D eigenvalue weighted by molar-refractivity contribution is 5.76. The molecule has 0 amide bonds. The summed E-state index contributed by atoms with van der Waals surface area (Å²) in [5.41, 5.74) is -2.60. The molecule has 0 aromatic heterocycles. The molecule has 0 aliphatic heterocycles. The number of ether oxygens (including phenoxy) is 1. The van der Waals surface area contributed by atoms with Crippen LogP contribution in [0.4, 0.5) is 0 Å². The van der Waals surface area contributed by atoms with E-state index in [2.05, 4.69) is 0 Å². The topological polar surface area (TPSA) is 66.8 Å². The molecule has 4 aliphatic rings. The molecule has 0 heterocycles. The van der Waals surface area contributed by atoms with Gasteiger partial charge in [-0.1, -0.05) is 6.92 Å². The number of aliphatic hydroxyl groups is 2. The predicted molar refractivity (Wildman–Crippen MR) is 73.9 cm³/mol. The van der Waals surface area contributed by atoms with E-state index in [1.165, 1.54) is 0 Å². The first-order valence-corrected chi connectivity index (χ1v) is 7.84. The lowest BCUT2D eigenvalue weighted by Crippen LogP contribution is -2.70. The smallest absolute Gasteiger partial charge is 0.311 e. The molecule has 20 heavy (non-hydrogen) atoms. The van der Waals surface area contributed by atoms with Gasteiger partial charge in [-0.2, -0.15) is 0 Å². The first kappa shape index (κ1) is 14.3. The average molecular weight is 282 g/mol. The van der Waals surface area contributed by atoms with Crippen molar-refractivity contribution >= 4 is 5.97 Å². The zero-order valence-electron chi connectivity index (χ0n) is 12.7. The minimum atomic E-state index is -1.02. The van der Waals surface area contributed by atoms with Gasteiger partial charge >= 0.3 is 5.97 Å². The van der Waals surface area contributed by atoms with E-state index < -0.39 is 22.7 Å². The Kier molecular flexibility index (Phi) is 3.01. The SMILES string of the molecule is CCC(C)(C)C(=O)OC1C2(O)CC3CC(C2)CC1(O)C3. The van der Waals surface area contributed by atoms with Gasteiger partial charge in [-0.05, 0) is 64.2 Å². The molecule has 0 radical (unpaired) electrons. The van der Waals surface area contributed by atoms with Crippen molar-refractivity contribution in [2.75, 3.05) is 0 Å². The highest BCUT2D eigenvalue weighted by atomic mass is 16.6. The molecule has 2 N–H and O–H groups in total. The van der Waals surface area contributed by atoms with Gasteiger partial charge in [-0.25, -0.2) is 0 Å². The fourth-order valence-corrected chi connectivity index (χ4v) is 4.67. The largest absolute Gasteiger partial charge is 0.456 e. The van der Waals surface area contributed by atoms with Crippen LogP contribution >= 0.6 is 0 Å². The molecule has 0 saturated heterocycles. The Labute approximate surface area is 120 Å². The maximum atomic E-state index is 12.3. The van der Waals surface area contributed by atoms with Gasteiger partial charge in [0.25, 0.3) is 0 Å². The lowest BCUT2D eigenvalue weighted by Gasteiger charge is -2.61. The summed E-state index contributed by atoms with van der Waals surface area (Å²) in [5.74, 6) is 0.456. The second kappa shape index (κ2) is 4.20. The molecule has 4 fully saturated rings. The Morgan fingerprint density at radius 1 is 1.15 bits per heavy atom. The van der Waals surface area contributed by atoms with Gasteiger partial charge in [0, 0.05) is 0 Å². The van der Waals surface area contributed by atoms with Gasteiger partial charge in [-0.3, -0.25) is 4.79 Å². The van der Waals surface area contributed by atoms with Gasteiger partial charge in [0.15, 0.2) is 6.10 Å². The molecular formula is C16H26O4. The van der Waals surface area contributed by atoms with Crippen molar-refractivity contribution in [3.05, 3.63) is 0 Å². The molecule has 114 valence electrons. The van der Waals surface area contributed by atoms with E-state index in [0.717, 1.165) is 6.42 Å². The molecule has 4 rings (SSSR count). The Bertz CT molecular complexity index is 392. The molecule has 0 atom stereocenters. The molecule has 4 nitrogen and oxygen atoms in total. The van der Waals surface area contributed by atoms with Crippen LogP contribution in [0.1, 0.15) is 59.3 Å². The van der Waals surface area contributed by atoms with E-state index in [4.69, 9.17) is 4.74 Å². The minimum absolute atomic E-state index is 0.306. The molecule has 4 aliphatic carbocycles. The molecule has 0 aromatic carbocycles. The molecule has 4 bridgehead atoms. The quantitative estimate of drug-likeness (QED) is 0.777. The zero-order chi connectivity index (χ0) is 14.8. The van der Waals surface area contributed by atoms with Crippen LogP contribution < -0.4 is 0 Å². The van der Waals surface area contributed by atoms with Crippen molar-refractivity contribution in [1.82, 2.24) is 0 Å². The van der Waals surface area contributed by atoms with Crippen LogP contribution in [0.3, 0.4) is 0 Å². The maximum Gasteiger partial charge on any atom is 0.311 e. The van der Waals surface area contributed by atoms with Crippen LogP contribution in [0.25, 0.3) is 0 Å². The van der Waals surface area contributed by atoms with E-state index in [1.54, 1.807) is 0 Å². The van der Waals surface area contributed by atoms with Crippen LogP contribution in [0.15, 0.2) is 0 Å². The van der Waals surface area contributed by atoms with Crippen molar-refractivity contribution in [3.63, 3.8) is 0 Å². The third-order valence-corrected chi connectivity index (χ3v) is 5.87. The Balaban J connectivity index is 1.84. The number of carbonyl (C=O) groups is 1. The second-order valence-corrected chi connectivity index (χ2v) is 8.01. The van der Waals surface area contributed by atoms with E-state index in [-0.39, 0.29) is 5.97 Å². The lowest BCUT2D eigenvalue weighted by atomic mass is 9.51. The van der Waals surface area contributed by atoms with Crippen molar-refractivity contribution in [2.24, 2.45) is 17.3 Å². The Morgan fingerprint density at radius 3 is 2.00 bits per heavy atom. The van der Waals surface area contributed by atoms with Crippen molar-refractivity contribution in [2.45, 2.75) is 76.6 Å². The number of hydrogen-bond donors (Lipinski definition) is 2. The summed E-state index contributed by atoms with van der Waals surface area (Å²) >= 11 is 0. The zero-order valence-corrected chi connectivity index (χ0v) is 12.7. The van der Waals surface area contributed by atoms with Crippen molar-refractivity contribution < 1.29 is 19.7 Å². The Morgan fingerprint density at radius 2 is 1.60 bits per heavy atom. The van der Waals surface area contributed by atoms with Crippen molar-refractivity contribution in [3.8, 4) is 0 Å². The fourth-order valence-electron chi connectivity index (χ4n) is 4.67. The first-order valence-electron chi connectivity index (χ1n) is 7.84. The van der Waals surface area contributed by atoms with Crippen LogP contribution in [0, 0.1) is 17.3 Å². The third kappa shape index (κ3) is 2.00. The molecule has 0 spiro atoms. The van der Waals surface area contributed by atoms with Crippen LogP contribution in [0.2, 0.25) is 0 Å². The van der Waals surface area contributed by atoms with Gasteiger partial charge < -0.3 is 14.9 Å². The summed E-state index contributed by atoms with van der Waals surface area (Å²) in [6.45, 7) is 5.64. The monoisotopic (exact) mass is 282 g/mol. The summed E-state index contributed by atoms with van der Waals surface area (Å²) in [6.07, 6.45) is 3.69. The standard InChI is InChI=1S/C16H26O4/c1-4-14(2,3)13(17)20-12-15(18)6-10-5-11(8-15)9-16(12,19)7-10/h10-12,18-19H,4-9H2,1-3H3. The summed E-state index contributed by atoms with van der Waals surface area (Å²) in [6, 6.07) is 0. The number of rotatable bonds is 3. The summed E-state index contributed by atoms with van der Waals surface area (Å²) in [7, 11) is 0. The number of carbonyl (C=O) groups excluding carboxylic acids is 1. The van der Waals surface area contributed by atoms with E-state index >= 15 is 0 Å². The summed E-state index contributed by atoms with van der Waals surface area (Å²) in [4.78, 5) is 12.3. The van der Waals surface area contributed by atoms with E-state index in [1.807, 2.05) is 20.8 Å². The lowest BCUT2D eigenvalue weighted by molar-refractivity contribution is -0.280. The van der Waals surface area contributed by atoms with Crippen LogP contribution in [0.5, 0.6) is 0 Å². The maximum absolute atomic E-state index is 12.3. The third-order valence-electron chi connectivity index (χ3n) is 5.87.